The third-order valence-electron chi connectivity index (χ3n) is 3.11. The van der Waals surface area contributed by atoms with Gasteiger partial charge in [-0.25, -0.2) is 4.99 Å². The number of tetrazole rings is 1. The van der Waals surface area contributed by atoms with E-state index in [2.05, 4.69) is 25.6 Å². The summed E-state index contributed by atoms with van der Waals surface area (Å²) < 4.78 is 0. The Morgan fingerprint density at radius 3 is 3.11 bits per heavy atom. The highest BCUT2D eigenvalue weighted by Gasteiger charge is 2.27. The Morgan fingerprint density at radius 1 is 1.32 bits per heavy atom. The summed E-state index contributed by atoms with van der Waals surface area (Å²) in [4.78, 5) is 17.1. The standard InChI is InChI=1S/C12H7N5OS/c18-12-8-3-4-19-10(8)7-2-1-6(5-9(7)13-12)11-14-16-17-15-11/h1-5,8H,(H,14,15,16,17). The van der Waals surface area contributed by atoms with Gasteiger partial charge in [-0.2, -0.15) is 5.21 Å². The lowest BCUT2D eigenvalue weighted by Gasteiger charge is -2.11. The fraction of sp³-hybridized carbons (Fsp3) is 0.0833. The minimum Gasteiger partial charge on any atom is -0.271 e. The van der Waals surface area contributed by atoms with Crippen LogP contribution in [0.3, 0.4) is 0 Å². The molecule has 2 aliphatic heterocycles. The van der Waals surface area contributed by atoms with Gasteiger partial charge in [0.15, 0.2) is 0 Å². The van der Waals surface area contributed by atoms with Crippen LogP contribution >= 0.6 is 11.8 Å². The predicted molar refractivity (Wildman–Crippen MR) is 69.0 cm³/mol. The number of nitrogens with one attached hydrogen (secondary N) is 1. The highest BCUT2D eigenvalue weighted by Crippen LogP contribution is 2.35. The number of aromatic nitrogens is 4. The van der Waals surface area contributed by atoms with E-state index in [1.165, 1.54) is 0 Å². The van der Waals surface area contributed by atoms with E-state index >= 15 is 0 Å². The van der Waals surface area contributed by atoms with Crippen molar-refractivity contribution in [3.63, 3.8) is 0 Å². The number of aromatic amines is 1. The number of carbonyl (C=O) groups is 1. The van der Waals surface area contributed by atoms with Crippen LogP contribution in [0.2, 0.25) is 0 Å². The Kier molecular flexibility index (Phi) is 2.16. The van der Waals surface area contributed by atoms with E-state index in [1.54, 1.807) is 11.8 Å². The Labute approximate surface area is 111 Å². The second-order valence-electron chi connectivity index (χ2n) is 4.21. The summed E-state index contributed by atoms with van der Waals surface area (Å²) in [7, 11) is 0. The molecule has 19 heavy (non-hydrogen) atoms. The molecule has 0 saturated carbocycles. The monoisotopic (exact) mass is 269 g/mol. The molecule has 1 atom stereocenters. The van der Waals surface area contributed by atoms with Crippen LogP contribution in [-0.2, 0) is 4.79 Å². The van der Waals surface area contributed by atoms with Crippen molar-refractivity contribution >= 4 is 22.6 Å². The number of hydrogen-bond donors (Lipinski definition) is 1. The van der Waals surface area contributed by atoms with Gasteiger partial charge in [0.1, 0.15) is 0 Å². The van der Waals surface area contributed by atoms with Crippen LogP contribution in [0.1, 0.15) is 0 Å². The van der Waals surface area contributed by atoms with Crippen molar-refractivity contribution in [3.8, 4) is 11.4 Å². The van der Waals surface area contributed by atoms with Gasteiger partial charge in [0.2, 0.25) is 5.82 Å². The van der Waals surface area contributed by atoms with Gasteiger partial charge in [0.25, 0.3) is 5.91 Å². The first-order valence-corrected chi connectivity index (χ1v) is 6.55. The maximum Gasteiger partial charge on any atom is 0.258 e. The summed E-state index contributed by atoms with van der Waals surface area (Å²) in [6.07, 6.45) is 1.89. The molecule has 2 aliphatic rings. The molecule has 3 heterocycles. The average molecular weight is 269 g/mol. The van der Waals surface area contributed by atoms with Gasteiger partial charge in [-0.15, -0.1) is 22.0 Å². The number of carbonyl (C=O) groups excluding carboxylic acids is 1. The smallest absolute Gasteiger partial charge is 0.258 e. The molecular formula is C12H7N5OS. The number of benzene rings is 1. The number of amides is 1. The number of fused-ring (bicyclic) bond motifs is 2. The average Bonchev–Trinajstić information content (AvgIpc) is 3.10. The maximum atomic E-state index is 11.9. The molecule has 1 N–H and O–H groups in total. The van der Waals surface area contributed by atoms with Gasteiger partial charge in [0.05, 0.1) is 11.3 Å². The van der Waals surface area contributed by atoms with Crippen LogP contribution < -0.4 is 10.6 Å². The van der Waals surface area contributed by atoms with Crippen LogP contribution in [0.15, 0.2) is 34.7 Å². The van der Waals surface area contributed by atoms with Crippen molar-refractivity contribution in [1.29, 1.82) is 0 Å². The van der Waals surface area contributed by atoms with E-state index in [1.807, 2.05) is 29.7 Å². The van der Waals surface area contributed by atoms with Crippen molar-refractivity contribution in [2.75, 3.05) is 0 Å². The second kappa shape index (κ2) is 3.86. The number of rotatable bonds is 1. The molecule has 0 aliphatic carbocycles. The molecule has 1 aromatic carbocycles. The van der Waals surface area contributed by atoms with Gasteiger partial charge < -0.3 is 0 Å². The van der Waals surface area contributed by atoms with Gasteiger partial charge in [-0.05, 0) is 16.7 Å². The third kappa shape index (κ3) is 1.55. The SMILES string of the molecule is O=C1N=c2cc(-c3nn[nH]n3)ccc2=C2SC=CC12. The zero-order chi connectivity index (χ0) is 12.8. The molecule has 92 valence electrons. The Morgan fingerprint density at radius 2 is 2.26 bits per heavy atom. The summed E-state index contributed by atoms with van der Waals surface area (Å²) in [5, 5.41) is 17.4. The van der Waals surface area contributed by atoms with Crippen molar-refractivity contribution in [1.82, 2.24) is 20.6 Å². The Balaban J connectivity index is 1.99. The first kappa shape index (κ1) is 10.6. The fourth-order valence-electron chi connectivity index (χ4n) is 2.22. The van der Waals surface area contributed by atoms with E-state index in [0.717, 1.165) is 15.7 Å². The normalized spacial score (nSPS) is 20.1. The molecule has 7 heteroatoms. The quantitative estimate of drug-likeness (QED) is 0.788. The van der Waals surface area contributed by atoms with Crippen LogP contribution in [0.5, 0.6) is 0 Å². The Hall–Kier alpha value is -2.28. The van der Waals surface area contributed by atoms with Crippen molar-refractivity contribution < 1.29 is 4.79 Å². The summed E-state index contributed by atoms with van der Waals surface area (Å²) in [5.74, 6) is 0.178. The molecule has 0 fully saturated rings. The van der Waals surface area contributed by atoms with Crippen LogP contribution in [0.25, 0.3) is 16.3 Å². The molecule has 0 bridgehead atoms. The summed E-state index contributed by atoms with van der Waals surface area (Å²) in [6.45, 7) is 0. The maximum absolute atomic E-state index is 11.9. The van der Waals surface area contributed by atoms with Crippen LogP contribution in [0.4, 0.5) is 0 Å². The second-order valence-corrected chi connectivity index (χ2v) is 5.15. The minimum atomic E-state index is -0.200. The number of hydrogen-bond acceptors (Lipinski definition) is 5. The molecule has 1 amide bonds. The zero-order valence-corrected chi connectivity index (χ0v) is 10.4. The first-order valence-electron chi connectivity index (χ1n) is 5.67. The highest BCUT2D eigenvalue weighted by molar-refractivity contribution is 8.10. The molecule has 2 aromatic rings. The van der Waals surface area contributed by atoms with Gasteiger partial charge in [0, 0.05) is 15.7 Å². The Bertz CT molecular complexity index is 824. The van der Waals surface area contributed by atoms with Crippen LogP contribution in [-0.4, -0.2) is 26.5 Å². The van der Waals surface area contributed by atoms with E-state index in [4.69, 9.17) is 0 Å². The lowest BCUT2D eigenvalue weighted by Crippen LogP contribution is -2.35. The highest BCUT2D eigenvalue weighted by atomic mass is 32.2. The van der Waals surface area contributed by atoms with Gasteiger partial charge in [-0.3, -0.25) is 4.79 Å². The molecule has 0 spiro atoms. The molecule has 1 aromatic heterocycles. The lowest BCUT2D eigenvalue weighted by atomic mass is 10.0. The molecule has 0 saturated heterocycles. The molecule has 0 radical (unpaired) electrons. The van der Waals surface area contributed by atoms with E-state index < -0.39 is 0 Å². The first-order chi connectivity index (χ1) is 9.33. The fourth-order valence-corrected chi connectivity index (χ4v) is 3.23. The topological polar surface area (TPSA) is 83.9 Å². The summed E-state index contributed by atoms with van der Waals surface area (Å²) in [6, 6.07) is 5.69. The lowest BCUT2D eigenvalue weighted by molar-refractivity contribution is -0.119. The van der Waals surface area contributed by atoms with E-state index in [-0.39, 0.29) is 11.8 Å². The molecular weight excluding hydrogens is 262 g/mol. The van der Waals surface area contributed by atoms with Crippen LogP contribution in [0, 0.1) is 5.92 Å². The van der Waals surface area contributed by atoms with Crippen molar-refractivity contribution in [3.05, 3.63) is 40.3 Å². The molecule has 6 nitrogen and oxygen atoms in total. The third-order valence-corrected chi connectivity index (χ3v) is 4.13. The summed E-state index contributed by atoms with van der Waals surface area (Å²) >= 11 is 1.58. The molecule has 4 rings (SSSR count). The largest absolute Gasteiger partial charge is 0.271 e. The van der Waals surface area contributed by atoms with Crippen molar-refractivity contribution in [2.45, 2.75) is 0 Å². The minimum absolute atomic E-state index is 0.117. The molecule has 1 unspecified atom stereocenters. The van der Waals surface area contributed by atoms with E-state index in [9.17, 15) is 4.79 Å². The van der Waals surface area contributed by atoms with E-state index in [0.29, 0.717) is 11.2 Å². The van der Waals surface area contributed by atoms with Gasteiger partial charge in [-0.1, -0.05) is 18.2 Å². The zero-order valence-electron chi connectivity index (χ0n) is 9.57. The number of H-pyrrole nitrogens is 1. The van der Waals surface area contributed by atoms with Crippen molar-refractivity contribution in [2.24, 2.45) is 10.9 Å². The summed E-state index contributed by atoms with van der Waals surface area (Å²) in [5.41, 5.74) is 0.791. The number of nitrogens with zero attached hydrogens (tertiary/aromatic N) is 4. The number of thioether (sulfide) groups is 1. The van der Waals surface area contributed by atoms with Gasteiger partial charge >= 0.3 is 0 Å². The predicted octanol–water partition coefficient (Wildman–Crippen LogP) is 0.0114.